The van der Waals surface area contributed by atoms with Gasteiger partial charge in [0.2, 0.25) is 0 Å². The molecule has 0 heterocycles. The van der Waals surface area contributed by atoms with Crippen LogP contribution in [0.4, 0.5) is 5.69 Å². The number of benzene rings is 1. The van der Waals surface area contributed by atoms with Crippen LogP contribution in [0, 0.1) is 10.1 Å². The summed E-state index contributed by atoms with van der Waals surface area (Å²) in [5, 5.41) is 20.1. The van der Waals surface area contributed by atoms with E-state index in [1.165, 1.54) is 13.2 Å². The Kier molecular flexibility index (Phi) is 4.00. The summed E-state index contributed by atoms with van der Waals surface area (Å²) in [4.78, 5) is 21.6. The van der Waals surface area contributed by atoms with Gasteiger partial charge in [-0.25, -0.2) is 0 Å². The van der Waals surface area contributed by atoms with Crippen LogP contribution in [0.3, 0.4) is 0 Å². The molecule has 0 fully saturated rings. The number of nitro benzene ring substituents is 1. The van der Waals surface area contributed by atoms with Crippen LogP contribution in [0.15, 0.2) is 18.2 Å². The quantitative estimate of drug-likeness (QED) is 0.450. The Balaban J connectivity index is 3.30. The van der Waals surface area contributed by atoms with E-state index in [2.05, 4.69) is 4.74 Å². The Hall–Kier alpha value is -2.15. The third kappa shape index (κ3) is 2.70. The van der Waals surface area contributed by atoms with Crippen molar-refractivity contribution in [3.63, 3.8) is 0 Å². The number of esters is 1. The lowest BCUT2D eigenvalue weighted by molar-refractivity contribution is -0.385. The number of phenolic OH excluding ortho intramolecular Hbond substituents is 1. The minimum atomic E-state index is -0.965. The van der Waals surface area contributed by atoms with E-state index in [1.807, 2.05) is 0 Å². The molecule has 0 saturated heterocycles. The molecule has 0 amide bonds. The van der Waals surface area contributed by atoms with Crippen LogP contribution in [0.2, 0.25) is 0 Å². The van der Waals surface area contributed by atoms with E-state index < -0.39 is 16.8 Å². The van der Waals surface area contributed by atoms with E-state index in [0.717, 1.165) is 12.1 Å². The number of hydrogen-bond acceptors (Lipinski definition) is 6. The summed E-state index contributed by atoms with van der Waals surface area (Å²) < 4.78 is 4.51. The summed E-state index contributed by atoms with van der Waals surface area (Å²) in [6.45, 7) is -0.142. The molecule has 0 aliphatic rings. The van der Waals surface area contributed by atoms with Gasteiger partial charge < -0.3 is 15.6 Å². The monoisotopic (exact) mass is 240 g/mol. The van der Waals surface area contributed by atoms with Gasteiger partial charge in [0, 0.05) is 18.2 Å². The summed E-state index contributed by atoms with van der Waals surface area (Å²) >= 11 is 0. The lowest BCUT2D eigenvalue weighted by Crippen LogP contribution is -2.23. The molecule has 92 valence electrons. The molecule has 1 rings (SSSR count). The third-order valence-corrected chi connectivity index (χ3v) is 2.30. The first-order chi connectivity index (χ1) is 8.01. The fraction of sp³-hybridized carbons (Fsp3) is 0.300. The Bertz CT molecular complexity index is 446. The maximum atomic E-state index is 11.4. The summed E-state index contributed by atoms with van der Waals surface area (Å²) in [7, 11) is 1.17. The van der Waals surface area contributed by atoms with E-state index >= 15 is 0 Å². The topological polar surface area (TPSA) is 116 Å². The van der Waals surface area contributed by atoms with E-state index in [-0.39, 0.29) is 23.5 Å². The zero-order chi connectivity index (χ0) is 13.0. The van der Waals surface area contributed by atoms with Crippen molar-refractivity contribution in [3.05, 3.63) is 33.9 Å². The molecular weight excluding hydrogens is 228 g/mol. The second kappa shape index (κ2) is 5.26. The Morgan fingerprint density at radius 1 is 1.65 bits per heavy atom. The molecule has 0 radical (unpaired) electrons. The standard InChI is InChI=1S/C10H12N2O5/c1-17-10(14)8(5-11)7-4-6(13)2-3-9(7)12(15)16/h2-4,8,13H,5,11H2,1H3. The fourth-order valence-electron chi connectivity index (χ4n) is 1.48. The molecule has 17 heavy (non-hydrogen) atoms. The van der Waals surface area contributed by atoms with Gasteiger partial charge in [-0.1, -0.05) is 0 Å². The first kappa shape index (κ1) is 12.9. The number of phenols is 1. The number of ether oxygens (including phenoxy) is 1. The van der Waals surface area contributed by atoms with Crippen LogP contribution in [0.5, 0.6) is 5.75 Å². The Morgan fingerprint density at radius 2 is 2.29 bits per heavy atom. The van der Waals surface area contributed by atoms with Crippen molar-refractivity contribution in [2.45, 2.75) is 5.92 Å². The van der Waals surface area contributed by atoms with Gasteiger partial charge in [0.25, 0.3) is 5.69 Å². The maximum absolute atomic E-state index is 11.4. The lowest BCUT2D eigenvalue weighted by Gasteiger charge is -2.12. The highest BCUT2D eigenvalue weighted by molar-refractivity contribution is 5.80. The third-order valence-electron chi connectivity index (χ3n) is 2.30. The summed E-state index contributed by atoms with van der Waals surface area (Å²) in [6.07, 6.45) is 0. The number of aromatic hydroxyl groups is 1. The van der Waals surface area contributed by atoms with Crippen LogP contribution in [-0.4, -0.2) is 29.7 Å². The molecule has 0 aromatic heterocycles. The van der Waals surface area contributed by atoms with Gasteiger partial charge >= 0.3 is 5.97 Å². The predicted molar refractivity (Wildman–Crippen MR) is 58.6 cm³/mol. The molecule has 1 aromatic rings. The van der Waals surface area contributed by atoms with Gasteiger partial charge in [0.1, 0.15) is 11.7 Å². The number of rotatable bonds is 4. The van der Waals surface area contributed by atoms with E-state index in [9.17, 15) is 20.0 Å². The van der Waals surface area contributed by atoms with Crippen LogP contribution in [0.25, 0.3) is 0 Å². The minimum Gasteiger partial charge on any atom is -0.508 e. The summed E-state index contributed by atoms with van der Waals surface area (Å²) in [5.74, 6) is -1.82. The number of carbonyl (C=O) groups is 1. The van der Waals surface area contributed by atoms with Crippen LogP contribution < -0.4 is 5.73 Å². The van der Waals surface area contributed by atoms with E-state index in [1.54, 1.807) is 0 Å². The van der Waals surface area contributed by atoms with Crippen molar-refractivity contribution in [2.24, 2.45) is 5.73 Å². The number of methoxy groups -OCH3 is 1. The van der Waals surface area contributed by atoms with Crippen molar-refractivity contribution < 1.29 is 19.6 Å². The molecule has 0 spiro atoms. The highest BCUT2D eigenvalue weighted by atomic mass is 16.6. The van der Waals surface area contributed by atoms with Crippen molar-refractivity contribution >= 4 is 11.7 Å². The average Bonchev–Trinajstić information content (AvgIpc) is 2.29. The highest BCUT2D eigenvalue weighted by Gasteiger charge is 2.28. The maximum Gasteiger partial charge on any atom is 0.314 e. The van der Waals surface area contributed by atoms with Crippen LogP contribution in [0.1, 0.15) is 11.5 Å². The molecule has 0 bridgehead atoms. The lowest BCUT2D eigenvalue weighted by atomic mass is 9.97. The van der Waals surface area contributed by atoms with Crippen molar-refractivity contribution in [1.29, 1.82) is 0 Å². The first-order valence-corrected chi connectivity index (χ1v) is 4.76. The zero-order valence-corrected chi connectivity index (χ0v) is 9.12. The number of hydrogen-bond donors (Lipinski definition) is 2. The van der Waals surface area contributed by atoms with Crippen LogP contribution >= 0.6 is 0 Å². The Morgan fingerprint density at radius 3 is 2.76 bits per heavy atom. The van der Waals surface area contributed by atoms with Gasteiger partial charge in [-0.15, -0.1) is 0 Å². The molecular formula is C10H12N2O5. The molecule has 7 nitrogen and oxygen atoms in total. The number of nitrogens with two attached hydrogens (primary N) is 1. The number of nitrogens with zero attached hydrogens (tertiary/aromatic N) is 1. The molecule has 1 atom stereocenters. The summed E-state index contributed by atoms with van der Waals surface area (Å²) in [6, 6.07) is 3.44. The van der Waals surface area contributed by atoms with E-state index in [0.29, 0.717) is 0 Å². The van der Waals surface area contributed by atoms with Crippen molar-refractivity contribution in [1.82, 2.24) is 0 Å². The second-order valence-corrected chi connectivity index (χ2v) is 3.31. The van der Waals surface area contributed by atoms with Crippen LogP contribution in [-0.2, 0) is 9.53 Å². The predicted octanol–water partition coefficient (Wildman–Crippen LogP) is 0.516. The van der Waals surface area contributed by atoms with Gasteiger partial charge in [-0.05, 0) is 12.1 Å². The fourth-order valence-corrected chi connectivity index (χ4v) is 1.48. The minimum absolute atomic E-state index is 0.0457. The van der Waals surface area contributed by atoms with Gasteiger partial charge in [0.15, 0.2) is 0 Å². The molecule has 0 saturated carbocycles. The van der Waals surface area contributed by atoms with Crippen molar-refractivity contribution in [2.75, 3.05) is 13.7 Å². The zero-order valence-electron chi connectivity index (χ0n) is 9.12. The largest absolute Gasteiger partial charge is 0.508 e. The van der Waals surface area contributed by atoms with Gasteiger partial charge in [0.05, 0.1) is 12.0 Å². The van der Waals surface area contributed by atoms with E-state index in [4.69, 9.17) is 5.73 Å². The molecule has 1 aromatic carbocycles. The first-order valence-electron chi connectivity index (χ1n) is 4.76. The Labute approximate surface area is 97.0 Å². The van der Waals surface area contributed by atoms with Gasteiger partial charge in [-0.3, -0.25) is 14.9 Å². The normalized spacial score (nSPS) is 11.9. The molecule has 0 aliphatic carbocycles. The summed E-state index contributed by atoms with van der Waals surface area (Å²) in [5.41, 5.74) is 5.17. The molecule has 1 unspecified atom stereocenters. The van der Waals surface area contributed by atoms with Gasteiger partial charge in [-0.2, -0.15) is 0 Å². The SMILES string of the molecule is COC(=O)C(CN)c1cc(O)ccc1[N+](=O)[O-]. The van der Waals surface area contributed by atoms with Crippen molar-refractivity contribution in [3.8, 4) is 5.75 Å². The number of nitro groups is 1. The molecule has 3 N–H and O–H groups in total. The average molecular weight is 240 g/mol. The molecule has 7 heteroatoms. The smallest absolute Gasteiger partial charge is 0.314 e. The molecule has 0 aliphatic heterocycles. The number of carbonyl (C=O) groups excluding carboxylic acids is 1. The highest BCUT2D eigenvalue weighted by Crippen LogP contribution is 2.30. The second-order valence-electron chi connectivity index (χ2n) is 3.31.